The highest BCUT2D eigenvalue weighted by atomic mass is 32.2. The van der Waals surface area contributed by atoms with E-state index in [1.54, 1.807) is 0 Å². The van der Waals surface area contributed by atoms with E-state index in [1.165, 1.54) is 19.5 Å². The Labute approximate surface area is 80.5 Å². The normalized spacial score (nSPS) is 13.5. The quantitative estimate of drug-likeness (QED) is 0.593. The highest BCUT2D eigenvalue weighted by Crippen LogP contribution is 1.93. The number of carbonyl (C=O) groups excluding carboxylic acids is 1. The molecule has 0 saturated heterocycles. The second kappa shape index (κ2) is 9.50. The molecule has 0 amide bonds. The summed E-state index contributed by atoms with van der Waals surface area (Å²) in [5, 5.41) is 8.27. The summed E-state index contributed by atoms with van der Waals surface area (Å²) in [5.74, 6) is -0.682. The minimum atomic E-state index is -1.04. The van der Waals surface area contributed by atoms with E-state index in [0.717, 1.165) is 0 Å². The van der Waals surface area contributed by atoms with Gasteiger partial charge < -0.3 is 15.4 Å². The number of hydrogen-bond acceptors (Lipinski definition) is 4. The van der Waals surface area contributed by atoms with Gasteiger partial charge in [0.15, 0.2) is 6.29 Å². The molecule has 0 aliphatic carbocycles. The van der Waals surface area contributed by atoms with Gasteiger partial charge in [0.2, 0.25) is 0 Å². The minimum absolute atomic E-state index is 0.276. The first-order valence-electron chi connectivity index (χ1n) is 3.53. The van der Waals surface area contributed by atoms with Crippen LogP contribution in [0.4, 0.5) is 0 Å². The molecule has 2 unspecified atom stereocenters. The van der Waals surface area contributed by atoms with Crippen molar-refractivity contribution in [3.63, 3.8) is 0 Å². The third-order valence-electron chi connectivity index (χ3n) is 1.03. The van der Waals surface area contributed by atoms with Crippen LogP contribution in [0.25, 0.3) is 0 Å². The molecule has 3 N–H and O–H groups in total. The number of carboxylic acids is 1. The van der Waals surface area contributed by atoms with Crippen LogP contribution in [0, 0.1) is 0 Å². The third-order valence-corrected chi connectivity index (χ3v) is 1.84. The van der Waals surface area contributed by atoms with Gasteiger partial charge in [0.05, 0.1) is 6.26 Å². The van der Waals surface area contributed by atoms with Crippen LogP contribution in [0.15, 0.2) is 0 Å². The van der Waals surface area contributed by atoms with Gasteiger partial charge in [0.1, 0.15) is 11.8 Å². The van der Waals surface area contributed by atoms with Gasteiger partial charge in [-0.1, -0.05) is 11.2 Å². The summed E-state index contributed by atoms with van der Waals surface area (Å²) in [5.41, 5.74) is 5.13. The molecule has 0 aromatic carbocycles. The van der Waals surface area contributed by atoms with Gasteiger partial charge in [0, 0.05) is 13.3 Å². The maximum atomic E-state index is 10.4. The largest absolute Gasteiger partial charge is 0.617 e. The van der Waals surface area contributed by atoms with Crippen LogP contribution >= 0.6 is 0 Å². The summed E-state index contributed by atoms with van der Waals surface area (Å²) in [4.78, 5) is 18.8. The lowest BCUT2D eigenvalue weighted by Crippen LogP contribution is -2.32. The molecule has 1 radical (unpaired) electrons. The van der Waals surface area contributed by atoms with Crippen molar-refractivity contribution in [2.75, 3.05) is 12.0 Å². The first-order chi connectivity index (χ1) is 5.95. The first-order valence-corrected chi connectivity index (χ1v) is 5.25. The van der Waals surface area contributed by atoms with E-state index in [9.17, 15) is 9.35 Å². The fraction of sp³-hybridized carbons (Fsp3) is 0.714. The fourth-order valence-electron chi connectivity index (χ4n) is 0.416. The van der Waals surface area contributed by atoms with Crippen molar-refractivity contribution in [2.24, 2.45) is 5.73 Å². The molecule has 0 bridgehead atoms. The topological polar surface area (TPSA) is 103 Å². The summed E-state index contributed by atoms with van der Waals surface area (Å²) in [6, 6.07) is -0.871. The predicted octanol–water partition coefficient (Wildman–Crippen LogP) is -0.717. The number of carbonyl (C=O) groups is 1. The molecule has 6 heteroatoms. The Morgan fingerprint density at radius 2 is 2.15 bits per heavy atom. The lowest BCUT2D eigenvalue weighted by Gasteiger charge is -2.06. The van der Waals surface area contributed by atoms with Crippen molar-refractivity contribution in [1.82, 2.24) is 0 Å². The monoisotopic (exact) mass is 208 g/mol. The lowest BCUT2D eigenvalue weighted by atomic mass is 10.2. The Morgan fingerprint density at radius 1 is 1.77 bits per heavy atom. The van der Waals surface area contributed by atoms with E-state index in [2.05, 4.69) is 0 Å². The second-order valence-corrected chi connectivity index (χ2v) is 3.77. The molecule has 0 aromatic heterocycles. The number of rotatable bonds is 4. The molecule has 0 rings (SSSR count). The summed E-state index contributed by atoms with van der Waals surface area (Å²) in [7, 11) is 0. The molecule has 0 spiro atoms. The zero-order chi connectivity index (χ0) is 10.9. The van der Waals surface area contributed by atoms with Gasteiger partial charge >= 0.3 is 5.97 Å². The van der Waals surface area contributed by atoms with E-state index in [4.69, 9.17) is 15.6 Å². The maximum absolute atomic E-state index is 10.4. The Hall–Kier alpha value is -0.590. The standard InChI is InChI=1S/C5H11NO3S.C2H3O/c1-10(9)3-2-4(6)5(7)8;1-2-3/h4H,2-3,6H2,1H3,(H,7,8);1H3. The average molecular weight is 208 g/mol. The van der Waals surface area contributed by atoms with Crippen LogP contribution in [-0.4, -0.2) is 40.0 Å². The number of aliphatic carboxylic acids is 1. The molecule has 0 saturated carbocycles. The zero-order valence-corrected chi connectivity index (χ0v) is 8.47. The number of hydrogen-bond donors (Lipinski definition) is 2. The smallest absolute Gasteiger partial charge is 0.320 e. The van der Waals surface area contributed by atoms with Crippen LogP contribution in [0.1, 0.15) is 13.3 Å². The van der Waals surface area contributed by atoms with Gasteiger partial charge in [-0.3, -0.25) is 9.59 Å². The van der Waals surface area contributed by atoms with Crippen molar-refractivity contribution < 1.29 is 19.2 Å². The van der Waals surface area contributed by atoms with Crippen molar-refractivity contribution in [1.29, 1.82) is 0 Å². The van der Waals surface area contributed by atoms with Crippen LogP contribution in [0.5, 0.6) is 0 Å². The highest BCUT2D eigenvalue weighted by molar-refractivity contribution is 7.90. The molecule has 5 nitrogen and oxygen atoms in total. The van der Waals surface area contributed by atoms with Crippen molar-refractivity contribution in [3.05, 3.63) is 0 Å². The van der Waals surface area contributed by atoms with Gasteiger partial charge in [-0.2, -0.15) is 0 Å². The molecule has 0 heterocycles. The molecular formula is C7H14NO4S. The Bertz CT molecular complexity index is 151. The third kappa shape index (κ3) is 14.3. The molecule has 0 aliphatic rings. The van der Waals surface area contributed by atoms with E-state index < -0.39 is 23.2 Å². The molecule has 0 aliphatic heterocycles. The SMILES string of the molecule is C[C]=O.C[S+]([O-])CCC(N)C(=O)O. The summed E-state index contributed by atoms with van der Waals surface area (Å²) in [6.45, 7) is 1.32. The molecule has 77 valence electrons. The van der Waals surface area contributed by atoms with Crippen molar-refractivity contribution in [2.45, 2.75) is 19.4 Å². The average Bonchev–Trinajstić information content (AvgIpc) is 2.01. The molecule has 13 heavy (non-hydrogen) atoms. The summed E-state index contributed by atoms with van der Waals surface area (Å²) in [6.07, 6.45) is 3.30. The summed E-state index contributed by atoms with van der Waals surface area (Å²) >= 11 is -0.946. The Morgan fingerprint density at radius 3 is 2.38 bits per heavy atom. The number of nitrogens with two attached hydrogens (primary N) is 1. The van der Waals surface area contributed by atoms with Gasteiger partial charge in [0.25, 0.3) is 0 Å². The van der Waals surface area contributed by atoms with E-state index in [1.807, 2.05) is 0 Å². The van der Waals surface area contributed by atoms with E-state index in [-0.39, 0.29) is 6.42 Å². The minimum Gasteiger partial charge on any atom is -0.617 e. The maximum Gasteiger partial charge on any atom is 0.320 e. The Balaban J connectivity index is 0. The second-order valence-electron chi connectivity index (χ2n) is 2.21. The first kappa shape index (κ1) is 14.9. The molecule has 2 atom stereocenters. The van der Waals surface area contributed by atoms with Crippen LogP contribution in [0.2, 0.25) is 0 Å². The van der Waals surface area contributed by atoms with Crippen molar-refractivity contribution in [3.8, 4) is 0 Å². The van der Waals surface area contributed by atoms with Crippen LogP contribution in [0.3, 0.4) is 0 Å². The van der Waals surface area contributed by atoms with E-state index in [0.29, 0.717) is 5.75 Å². The number of carboxylic acid groups (broad SMARTS) is 1. The van der Waals surface area contributed by atoms with Crippen LogP contribution in [-0.2, 0) is 20.8 Å². The Kier molecular flexibility index (Phi) is 10.9. The van der Waals surface area contributed by atoms with Gasteiger partial charge in [-0.25, -0.2) is 0 Å². The van der Waals surface area contributed by atoms with Gasteiger partial charge in [-0.15, -0.1) is 0 Å². The molecule has 0 fully saturated rings. The summed E-state index contributed by atoms with van der Waals surface area (Å²) < 4.78 is 10.4. The van der Waals surface area contributed by atoms with Crippen molar-refractivity contribution >= 4 is 23.4 Å². The van der Waals surface area contributed by atoms with E-state index >= 15 is 0 Å². The zero-order valence-electron chi connectivity index (χ0n) is 7.65. The predicted molar refractivity (Wildman–Crippen MR) is 50.5 cm³/mol. The lowest BCUT2D eigenvalue weighted by molar-refractivity contribution is -0.138. The van der Waals surface area contributed by atoms with Crippen LogP contribution < -0.4 is 5.73 Å². The fourth-order valence-corrected chi connectivity index (χ4v) is 1.00. The molecular weight excluding hydrogens is 194 g/mol. The highest BCUT2D eigenvalue weighted by Gasteiger charge is 2.12. The van der Waals surface area contributed by atoms with Gasteiger partial charge in [-0.05, 0) is 0 Å². The molecule has 0 aromatic rings.